The van der Waals surface area contributed by atoms with E-state index in [-0.39, 0.29) is 11.3 Å². The zero-order chi connectivity index (χ0) is 11.3. The van der Waals surface area contributed by atoms with Gasteiger partial charge in [0.15, 0.2) is 6.07 Å². The van der Waals surface area contributed by atoms with Crippen LogP contribution in [0.2, 0.25) is 0 Å². The normalized spacial score (nSPS) is 8.27. The quantitative estimate of drug-likeness (QED) is 0.413. The summed E-state index contributed by atoms with van der Waals surface area (Å²) in [6.07, 6.45) is 0. The molecule has 74 valence electrons. The zero-order valence-corrected chi connectivity index (χ0v) is 7.85. The second-order valence-corrected chi connectivity index (χ2v) is 2.50. The SMILES string of the molecule is COc1ccc([N+](=O)[O-])c(C#CC#N)c1. The van der Waals surface area contributed by atoms with Gasteiger partial charge in [0.25, 0.3) is 5.69 Å². The van der Waals surface area contributed by atoms with E-state index >= 15 is 0 Å². The minimum atomic E-state index is -0.555. The molecule has 1 aromatic rings. The van der Waals surface area contributed by atoms with Crippen LogP contribution in [0.3, 0.4) is 0 Å². The topological polar surface area (TPSA) is 76.2 Å². The Morgan fingerprint density at radius 1 is 1.53 bits per heavy atom. The highest BCUT2D eigenvalue weighted by Crippen LogP contribution is 2.22. The molecule has 0 amide bonds. The molecule has 1 aromatic carbocycles. The minimum Gasteiger partial charge on any atom is -0.497 e. The number of nitro benzene ring substituents is 1. The van der Waals surface area contributed by atoms with Gasteiger partial charge in [0, 0.05) is 18.1 Å². The van der Waals surface area contributed by atoms with Gasteiger partial charge in [0.1, 0.15) is 11.3 Å². The van der Waals surface area contributed by atoms with E-state index < -0.39 is 4.92 Å². The van der Waals surface area contributed by atoms with E-state index in [1.165, 1.54) is 25.3 Å². The van der Waals surface area contributed by atoms with E-state index in [0.29, 0.717) is 5.75 Å². The lowest BCUT2D eigenvalue weighted by Gasteiger charge is -2.00. The number of nitrogens with zero attached hydrogens (tertiary/aromatic N) is 2. The Kier molecular flexibility index (Phi) is 3.26. The molecular formula is C10H6N2O3. The van der Waals surface area contributed by atoms with Crippen LogP contribution in [0.15, 0.2) is 18.2 Å². The highest BCUT2D eigenvalue weighted by Gasteiger charge is 2.12. The fourth-order valence-electron chi connectivity index (χ4n) is 0.997. The highest BCUT2D eigenvalue weighted by atomic mass is 16.6. The summed E-state index contributed by atoms with van der Waals surface area (Å²) in [7, 11) is 1.45. The van der Waals surface area contributed by atoms with E-state index in [1.807, 2.05) is 0 Å². The Labute approximate surface area is 86.0 Å². The first-order chi connectivity index (χ1) is 7.19. The van der Waals surface area contributed by atoms with Gasteiger partial charge in [-0.05, 0) is 12.0 Å². The molecule has 0 fully saturated rings. The number of hydrogen-bond acceptors (Lipinski definition) is 4. The van der Waals surface area contributed by atoms with Crippen LogP contribution in [0.1, 0.15) is 5.56 Å². The first-order valence-electron chi connectivity index (χ1n) is 3.91. The zero-order valence-electron chi connectivity index (χ0n) is 7.85. The van der Waals surface area contributed by atoms with Gasteiger partial charge in [-0.3, -0.25) is 10.1 Å². The molecular weight excluding hydrogens is 196 g/mol. The van der Waals surface area contributed by atoms with Crippen molar-refractivity contribution in [1.29, 1.82) is 5.26 Å². The van der Waals surface area contributed by atoms with E-state index in [9.17, 15) is 10.1 Å². The summed E-state index contributed by atoms with van der Waals surface area (Å²) < 4.78 is 4.90. The van der Waals surface area contributed by atoms with Crippen molar-refractivity contribution in [2.45, 2.75) is 0 Å². The van der Waals surface area contributed by atoms with Gasteiger partial charge < -0.3 is 4.74 Å². The van der Waals surface area contributed by atoms with Gasteiger partial charge >= 0.3 is 0 Å². The van der Waals surface area contributed by atoms with Gasteiger partial charge in [-0.15, -0.1) is 0 Å². The third-order valence-electron chi connectivity index (χ3n) is 1.65. The Bertz CT molecular complexity index is 492. The molecule has 0 heterocycles. The van der Waals surface area contributed by atoms with Crippen LogP contribution in [-0.4, -0.2) is 12.0 Å². The summed E-state index contributed by atoms with van der Waals surface area (Å²) in [6.45, 7) is 0. The summed E-state index contributed by atoms with van der Waals surface area (Å²) in [4.78, 5) is 10.0. The first kappa shape index (κ1) is 10.6. The van der Waals surface area contributed by atoms with Crippen LogP contribution in [0.5, 0.6) is 5.75 Å². The lowest BCUT2D eigenvalue weighted by Crippen LogP contribution is -1.93. The molecule has 0 saturated carbocycles. The number of rotatable bonds is 2. The van der Waals surface area contributed by atoms with Gasteiger partial charge in [0.05, 0.1) is 12.0 Å². The highest BCUT2D eigenvalue weighted by molar-refractivity contribution is 5.55. The van der Waals surface area contributed by atoms with Crippen LogP contribution in [0.25, 0.3) is 0 Å². The van der Waals surface area contributed by atoms with Crippen LogP contribution in [0.4, 0.5) is 5.69 Å². The number of nitriles is 1. The van der Waals surface area contributed by atoms with Crippen molar-refractivity contribution in [3.8, 4) is 23.7 Å². The van der Waals surface area contributed by atoms with E-state index in [4.69, 9.17) is 10.00 Å². The Morgan fingerprint density at radius 2 is 2.27 bits per heavy atom. The van der Waals surface area contributed by atoms with Gasteiger partial charge in [-0.2, -0.15) is 5.26 Å². The molecule has 15 heavy (non-hydrogen) atoms. The van der Waals surface area contributed by atoms with Crippen molar-refractivity contribution in [3.63, 3.8) is 0 Å². The minimum absolute atomic E-state index is 0.140. The molecule has 5 heteroatoms. The molecule has 0 atom stereocenters. The fraction of sp³-hybridized carbons (Fsp3) is 0.100. The van der Waals surface area contributed by atoms with E-state index in [2.05, 4.69) is 11.8 Å². The van der Waals surface area contributed by atoms with Crippen molar-refractivity contribution in [2.24, 2.45) is 0 Å². The molecule has 0 saturated heterocycles. The molecule has 5 nitrogen and oxygen atoms in total. The molecule has 0 spiro atoms. The van der Waals surface area contributed by atoms with Crippen molar-refractivity contribution in [2.75, 3.05) is 7.11 Å². The number of nitro groups is 1. The Morgan fingerprint density at radius 3 is 2.80 bits per heavy atom. The third-order valence-corrected chi connectivity index (χ3v) is 1.65. The monoisotopic (exact) mass is 202 g/mol. The van der Waals surface area contributed by atoms with Crippen molar-refractivity contribution >= 4 is 5.69 Å². The lowest BCUT2D eigenvalue weighted by atomic mass is 10.2. The predicted octanol–water partition coefficient (Wildman–Crippen LogP) is 1.48. The molecule has 0 aliphatic heterocycles. The van der Waals surface area contributed by atoms with E-state index in [1.54, 1.807) is 6.07 Å². The average molecular weight is 202 g/mol. The molecule has 0 bridgehead atoms. The predicted molar refractivity (Wildman–Crippen MR) is 52.1 cm³/mol. The lowest BCUT2D eigenvalue weighted by molar-refractivity contribution is -0.385. The van der Waals surface area contributed by atoms with E-state index in [0.717, 1.165) is 0 Å². The van der Waals surface area contributed by atoms with Crippen LogP contribution >= 0.6 is 0 Å². The number of ether oxygens (including phenoxy) is 1. The molecule has 0 aliphatic carbocycles. The summed E-state index contributed by atoms with van der Waals surface area (Å²) in [5.74, 6) is 4.95. The molecule has 0 N–H and O–H groups in total. The Hall–Kier alpha value is -2.53. The maximum absolute atomic E-state index is 10.6. The van der Waals surface area contributed by atoms with Crippen molar-refractivity contribution < 1.29 is 9.66 Å². The van der Waals surface area contributed by atoms with Gasteiger partial charge in [-0.1, -0.05) is 0 Å². The molecule has 0 aliphatic rings. The maximum Gasteiger partial charge on any atom is 0.285 e. The van der Waals surface area contributed by atoms with Crippen LogP contribution in [-0.2, 0) is 0 Å². The van der Waals surface area contributed by atoms with Crippen LogP contribution < -0.4 is 4.74 Å². The second-order valence-electron chi connectivity index (χ2n) is 2.50. The van der Waals surface area contributed by atoms with Gasteiger partial charge in [-0.25, -0.2) is 0 Å². The average Bonchev–Trinajstić information content (AvgIpc) is 2.25. The number of methoxy groups -OCH3 is 1. The molecule has 0 radical (unpaired) electrons. The first-order valence-corrected chi connectivity index (χ1v) is 3.91. The van der Waals surface area contributed by atoms with Crippen molar-refractivity contribution in [3.05, 3.63) is 33.9 Å². The van der Waals surface area contributed by atoms with Gasteiger partial charge in [0.2, 0.25) is 0 Å². The smallest absolute Gasteiger partial charge is 0.285 e. The standard InChI is InChI=1S/C10H6N2O3/c1-15-9-4-5-10(12(13)14)8(7-9)3-2-6-11/h4-5,7H,1H3. The Balaban J connectivity index is 3.30. The van der Waals surface area contributed by atoms with Crippen LogP contribution in [0, 0.1) is 33.3 Å². The summed E-state index contributed by atoms with van der Waals surface area (Å²) in [5, 5.41) is 18.9. The molecule has 0 aromatic heterocycles. The molecule has 1 rings (SSSR count). The second kappa shape index (κ2) is 4.64. The number of benzene rings is 1. The summed E-state index contributed by atoms with van der Waals surface area (Å²) in [5.41, 5.74) is 0.0273. The van der Waals surface area contributed by atoms with Crippen molar-refractivity contribution in [1.82, 2.24) is 0 Å². The largest absolute Gasteiger partial charge is 0.497 e. The molecule has 0 unspecified atom stereocenters. The third kappa shape index (κ3) is 2.45. The summed E-state index contributed by atoms with van der Waals surface area (Å²) in [6, 6.07) is 5.77. The number of hydrogen-bond donors (Lipinski definition) is 0. The maximum atomic E-state index is 10.6. The fourth-order valence-corrected chi connectivity index (χ4v) is 0.997. The summed E-state index contributed by atoms with van der Waals surface area (Å²) >= 11 is 0.